The Bertz CT molecular complexity index is 577. The highest BCUT2D eigenvalue weighted by Gasteiger charge is 2.12. The number of hydrogen-bond donors (Lipinski definition) is 0. The van der Waals surface area contributed by atoms with Gasteiger partial charge in [0.25, 0.3) is 0 Å². The highest BCUT2D eigenvalue weighted by atomic mass is 79.9. The zero-order valence-corrected chi connectivity index (χ0v) is 13.0. The summed E-state index contributed by atoms with van der Waals surface area (Å²) in [6.45, 7) is 1.44. The third kappa shape index (κ3) is 3.95. The molecule has 0 radical (unpaired) electrons. The molecule has 0 saturated heterocycles. The molecule has 1 aromatic carbocycles. The zero-order chi connectivity index (χ0) is 14.5. The molecule has 2 aromatic rings. The minimum atomic E-state index is -0.452. The summed E-state index contributed by atoms with van der Waals surface area (Å²) >= 11 is 3.42. The van der Waals surface area contributed by atoms with E-state index in [1.54, 1.807) is 12.1 Å². The van der Waals surface area contributed by atoms with Crippen molar-refractivity contribution >= 4 is 21.9 Å². The summed E-state index contributed by atoms with van der Waals surface area (Å²) in [5.74, 6) is 0.524. The van der Waals surface area contributed by atoms with Crippen LogP contribution >= 0.6 is 15.9 Å². The van der Waals surface area contributed by atoms with E-state index in [4.69, 9.17) is 4.42 Å². The van der Waals surface area contributed by atoms with Crippen LogP contribution in [0, 0.1) is 0 Å². The molecule has 1 aromatic heterocycles. The van der Waals surface area contributed by atoms with Crippen molar-refractivity contribution in [3.05, 3.63) is 58.0 Å². The zero-order valence-electron chi connectivity index (χ0n) is 11.4. The van der Waals surface area contributed by atoms with Gasteiger partial charge in [-0.15, -0.1) is 0 Å². The van der Waals surface area contributed by atoms with E-state index in [9.17, 15) is 4.79 Å². The lowest BCUT2D eigenvalue weighted by molar-refractivity contribution is 0.0561. The van der Waals surface area contributed by atoms with Gasteiger partial charge in [0.05, 0.1) is 13.7 Å². The molecule has 20 heavy (non-hydrogen) atoms. The van der Waals surface area contributed by atoms with Crippen LogP contribution in [0.3, 0.4) is 0 Å². The third-order valence-corrected chi connectivity index (χ3v) is 3.37. The molecule has 0 aliphatic heterocycles. The van der Waals surface area contributed by atoms with Gasteiger partial charge in [-0.2, -0.15) is 0 Å². The SMILES string of the molecule is COC(=O)c1ccc(CN(C)Cc2ccc(Br)cc2)o1. The molecule has 0 aliphatic carbocycles. The van der Waals surface area contributed by atoms with Crippen LogP contribution in [-0.2, 0) is 17.8 Å². The Kier molecular flexibility index (Phi) is 4.98. The predicted molar refractivity (Wildman–Crippen MR) is 79.4 cm³/mol. The number of rotatable bonds is 5. The van der Waals surface area contributed by atoms with Crippen LogP contribution in [0.4, 0.5) is 0 Å². The van der Waals surface area contributed by atoms with Crippen molar-refractivity contribution in [2.24, 2.45) is 0 Å². The minimum Gasteiger partial charge on any atom is -0.463 e. The van der Waals surface area contributed by atoms with Crippen LogP contribution in [0.2, 0.25) is 0 Å². The van der Waals surface area contributed by atoms with Crippen LogP contribution in [-0.4, -0.2) is 25.0 Å². The Morgan fingerprint density at radius 2 is 1.90 bits per heavy atom. The normalized spacial score (nSPS) is 10.8. The van der Waals surface area contributed by atoms with Crippen LogP contribution in [0.5, 0.6) is 0 Å². The maximum absolute atomic E-state index is 11.3. The highest BCUT2D eigenvalue weighted by Crippen LogP contribution is 2.14. The molecule has 4 nitrogen and oxygen atoms in total. The van der Waals surface area contributed by atoms with E-state index in [2.05, 4.69) is 37.7 Å². The molecule has 0 spiro atoms. The van der Waals surface area contributed by atoms with Crippen LogP contribution in [0.1, 0.15) is 21.9 Å². The average Bonchev–Trinajstić information content (AvgIpc) is 2.89. The van der Waals surface area contributed by atoms with Crippen molar-refractivity contribution in [2.75, 3.05) is 14.2 Å². The van der Waals surface area contributed by atoms with Gasteiger partial charge < -0.3 is 9.15 Å². The summed E-state index contributed by atoms with van der Waals surface area (Å²) in [6.07, 6.45) is 0. The molecule has 0 bridgehead atoms. The molecule has 0 N–H and O–H groups in total. The van der Waals surface area contributed by atoms with E-state index in [0.717, 1.165) is 16.8 Å². The lowest BCUT2D eigenvalue weighted by atomic mass is 10.2. The van der Waals surface area contributed by atoms with Gasteiger partial charge in [-0.1, -0.05) is 28.1 Å². The maximum atomic E-state index is 11.3. The first-order chi connectivity index (χ1) is 9.58. The Hall–Kier alpha value is -1.59. The first kappa shape index (κ1) is 14.8. The number of ether oxygens (including phenoxy) is 1. The first-order valence-electron chi connectivity index (χ1n) is 6.18. The molecule has 0 fully saturated rings. The number of methoxy groups -OCH3 is 1. The van der Waals surface area contributed by atoms with E-state index >= 15 is 0 Å². The first-order valence-corrected chi connectivity index (χ1v) is 6.98. The van der Waals surface area contributed by atoms with Gasteiger partial charge in [-0.3, -0.25) is 4.90 Å². The van der Waals surface area contributed by atoms with E-state index in [-0.39, 0.29) is 5.76 Å². The number of hydrogen-bond acceptors (Lipinski definition) is 4. The number of halogens is 1. The van der Waals surface area contributed by atoms with Gasteiger partial charge in [0.1, 0.15) is 5.76 Å². The number of benzene rings is 1. The molecule has 1 heterocycles. The third-order valence-electron chi connectivity index (χ3n) is 2.84. The second-order valence-electron chi connectivity index (χ2n) is 4.56. The van der Waals surface area contributed by atoms with Crippen molar-refractivity contribution < 1.29 is 13.9 Å². The predicted octanol–water partition coefficient (Wildman–Crippen LogP) is 3.46. The van der Waals surface area contributed by atoms with Gasteiger partial charge in [0.15, 0.2) is 0 Å². The molecular weight excluding hydrogens is 322 g/mol. The van der Waals surface area contributed by atoms with E-state index in [1.807, 2.05) is 19.2 Å². The highest BCUT2D eigenvalue weighted by molar-refractivity contribution is 9.10. The number of carbonyl (C=O) groups is 1. The molecule has 0 aliphatic rings. The molecule has 5 heteroatoms. The average molecular weight is 338 g/mol. The fraction of sp³-hybridized carbons (Fsp3) is 0.267. The van der Waals surface area contributed by atoms with Crippen molar-refractivity contribution in [1.82, 2.24) is 4.90 Å². The summed E-state index contributed by atoms with van der Waals surface area (Å²) in [5, 5.41) is 0. The maximum Gasteiger partial charge on any atom is 0.373 e. The molecule has 0 saturated carbocycles. The lowest BCUT2D eigenvalue weighted by Crippen LogP contribution is -2.16. The number of carbonyl (C=O) groups excluding carboxylic acids is 1. The monoisotopic (exact) mass is 337 g/mol. The standard InChI is InChI=1S/C15H16BrNO3/c1-17(9-11-3-5-12(16)6-4-11)10-13-7-8-14(20-13)15(18)19-2/h3-8H,9-10H2,1-2H3. The Labute approximate surface area is 126 Å². The largest absolute Gasteiger partial charge is 0.463 e. The summed E-state index contributed by atoms with van der Waals surface area (Å²) in [7, 11) is 3.34. The fourth-order valence-electron chi connectivity index (χ4n) is 1.90. The Morgan fingerprint density at radius 1 is 1.20 bits per heavy atom. The minimum absolute atomic E-state index is 0.236. The van der Waals surface area contributed by atoms with Crippen LogP contribution in [0.25, 0.3) is 0 Å². The molecule has 0 atom stereocenters. The lowest BCUT2D eigenvalue weighted by Gasteiger charge is -2.15. The van der Waals surface area contributed by atoms with Gasteiger partial charge in [-0.25, -0.2) is 4.79 Å². The summed E-state index contributed by atoms with van der Waals surface area (Å²) in [4.78, 5) is 13.4. The Morgan fingerprint density at radius 3 is 2.55 bits per heavy atom. The second kappa shape index (κ2) is 6.72. The molecule has 2 rings (SSSR count). The van der Waals surface area contributed by atoms with E-state index in [0.29, 0.717) is 6.54 Å². The van der Waals surface area contributed by atoms with Crippen molar-refractivity contribution in [2.45, 2.75) is 13.1 Å². The van der Waals surface area contributed by atoms with Crippen LogP contribution in [0.15, 0.2) is 45.3 Å². The fourth-order valence-corrected chi connectivity index (χ4v) is 2.16. The smallest absolute Gasteiger partial charge is 0.373 e. The van der Waals surface area contributed by atoms with E-state index < -0.39 is 5.97 Å². The summed E-state index contributed by atoms with van der Waals surface area (Å²) in [6, 6.07) is 11.6. The quantitative estimate of drug-likeness (QED) is 0.783. The number of nitrogens with zero attached hydrogens (tertiary/aromatic N) is 1. The number of esters is 1. The van der Waals surface area contributed by atoms with Gasteiger partial charge in [0.2, 0.25) is 5.76 Å². The topological polar surface area (TPSA) is 42.7 Å². The Balaban J connectivity index is 1.94. The number of furan rings is 1. The van der Waals surface area contributed by atoms with E-state index in [1.165, 1.54) is 12.7 Å². The van der Waals surface area contributed by atoms with Crippen molar-refractivity contribution in [3.8, 4) is 0 Å². The second-order valence-corrected chi connectivity index (χ2v) is 5.47. The van der Waals surface area contributed by atoms with Crippen molar-refractivity contribution in [1.29, 1.82) is 0 Å². The molecule has 0 amide bonds. The molecular formula is C15H16BrNO3. The van der Waals surface area contributed by atoms with Gasteiger partial charge >= 0.3 is 5.97 Å². The van der Waals surface area contributed by atoms with Crippen molar-refractivity contribution in [3.63, 3.8) is 0 Å². The van der Waals surface area contributed by atoms with Gasteiger partial charge in [-0.05, 0) is 36.9 Å². The molecule has 106 valence electrons. The summed E-state index contributed by atoms with van der Waals surface area (Å²) in [5.41, 5.74) is 1.22. The summed E-state index contributed by atoms with van der Waals surface area (Å²) < 4.78 is 11.1. The van der Waals surface area contributed by atoms with Crippen LogP contribution < -0.4 is 0 Å². The van der Waals surface area contributed by atoms with Gasteiger partial charge in [0, 0.05) is 11.0 Å². The molecule has 0 unspecified atom stereocenters.